The molecule has 0 aliphatic carbocycles. The van der Waals surface area contributed by atoms with Crippen LogP contribution in [0.2, 0.25) is 0 Å². The van der Waals surface area contributed by atoms with Gasteiger partial charge in [0.1, 0.15) is 0 Å². The second-order valence-electron chi connectivity index (χ2n) is 3.14. The Morgan fingerprint density at radius 2 is 2.00 bits per heavy atom. The molecular weight excluding hydrogens is 167 g/mol. The Bertz CT molecular complexity index is 294. The van der Waals surface area contributed by atoms with Crippen molar-refractivity contribution in [3.8, 4) is 0 Å². The summed E-state index contributed by atoms with van der Waals surface area (Å²) in [6, 6.07) is 6.25. The molecule has 2 heteroatoms. The van der Waals surface area contributed by atoms with Gasteiger partial charge in [-0.1, -0.05) is 23.8 Å². The van der Waals surface area contributed by atoms with Crippen LogP contribution in [0.15, 0.2) is 18.2 Å². The molecule has 0 bridgehead atoms. The van der Waals surface area contributed by atoms with E-state index in [0.717, 1.165) is 0 Å². The number of benzene rings is 1. The molecule has 64 valence electrons. The van der Waals surface area contributed by atoms with Crippen LogP contribution in [0.1, 0.15) is 29.3 Å². The highest BCUT2D eigenvalue weighted by Crippen LogP contribution is 2.28. The van der Waals surface area contributed by atoms with Crippen LogP contribution >= 0.6 is 8.46 Å². The molecule has 1 aromatic rings. The fourth-order valence-corrected chi connectivity index (χ4v) is 1.66. The van der Waals surface area contributed by atoms with Gasteiger partial charge >= 0.3 is 0 Å². The van der Waals surface area contributed by atoms with Gasteiger partial charge in [0.2, 0.25) is 0 Å². The summed E-state index contributed by atoms with van der Waals surface area (Å²) in [5, 5.41) is 0. The number of aryl methyl sites for hydroxylation is 2. The Kier molecular flexibility index (Phi) is 2.99. The van der Waals surface area contributed by atoms with Crippen molar-refractivity contribution >= 4 is 8.46 Å². The molecule has 0 saturated heterocycles. The highest BCUT2D eigenvalue weighted by Gasteiger charge is 2.07. The zero-order valence-electron chi connectivity index (χ0n) is 7.66. The second-order valence-corrected chi connectivity index (χ2v) is 4.13. The van der Waals surface area contributed by atoms with E-state index in [4.69, 9.17) is 0 Å². The van der Waals surface area contributed by atoms with Gasteiger partial charge in [-0.25, -0.2) is 0 Å². The lowest BCUT2D eigenvalue weighted by Crippen LogP contribution is -1.90. The maximum Gasteiger partial charge on any atom is 0.163 e. The molecular formula is C10H13OP. The highest BCUT2D eigenvalue weighted by molar-refractivity contribution is 7.24. The molecule has 0 aliphatic rings. The average Bonchev–Trinajstić information content (AvgIpc) is 2.08. The van der Waals surface area contributed by atoms with Crippen LogP contribution < -0.4 is 0 Å². The molecule has 1 nitrogen and oxygen atoms in total. The van der Waals surface area contributed by atoms with E-state index in [9.17, 15) is 4.57 Å². The lowest BCUT2D eigenvalue weighted by Gasteiger charge is -2.07. The zero-order valence-corrected chi connectivity index (χ0v) is 8.56. The zero-order chi connectivity index (χ0) is 9.14. The highest BCUT2D eigenvalue weighted by atomic mass is 31.1. The summed E-state index contributed by atoms with van der Waals surface area (Å²) in [5.41, 5.74) is 3.75. The summed E-state index contributed by atoms with van der Waals surface area (Å²) < 4.78 is 10.7. The van der Waals surface area contributed by atoms with Crippen molar-refractivity contribution in [1.29, 1.82) is 0 Å². The first-order valence-electron chi connectivity index (χ1n) is 4.04. The van der Waals surface area contributed by atoms with Crippen molar-refractivity contribution in [2.75, 3.05) is 0 Å². The molecule has 0 spiro atoms. The predicted molar refractivity (Wildman–Crippen MR) is 51.9 cm³/mol. The molecule has 0 aliphatic heterocycles. The van der Waals surface area contributed by atoms with Gasteiger partial charge in [0.15, 0.2) is 8.46 Å². The molecule has 12 heavy (non-hydrogen) atoms. The van der Waals surface area contributed by atoms with E-state index in [1.165, 1.54) is 16.7 Å². The third-order valence-corrected chi connectivity index (χ3v) is 2.64. The van der Waals surface area contributed by atoms with Gasteiger partial charge < -0.3 is 0 Å². The minimum absolute atomic E-state index is 0.116. The fraction of sp³-hybridized carbons (Fsp3) is 0.400. The summed E-state index contributed by atoms with van der Waals surface area (Å²) in [7, 11) is 0.201. The van der Waals surface area contributed by atoms with Gasteiger partial charge in [0.25, 0.3) is 0 Å². The maximum absolute atomic E-state index is 10.7. The molecule has 0 saturated carbocycles. The Balaban J connectivity index is 3.12. The van der Waals surface area contributed by atoms with E-state index in [0.29, 0.717) is 0 Å². The Morgan fingerprint density at radius 3 is 2.58 bits per heavy atom. The van der Waals surface area contributed by atoms with Crippen LogP contribution in [-0.2, 0) is 4.57 Å². The quantitative estimate of drug-likeness (QED) is 0.635. The van der Waals surface area contributed by atoms with Crippen LogP contribution in [0, 0.1) is 13.8 Å². The summed E-state index contributed by atoms with van der Waals surface area (Å²) >= 11 is 0. The summed E-state index contributed by atoms with van der Waals surface area (Å²) in [6.45, 7) is 6.07. The van der Waals surface area contributed by atoms with E-state index < -0.39 is 0 Å². The van der Waals surface area contributed by atoms with E-state index in [2.05, 4.69) is 32.0 Å². The number of hydrogen-bond donors (Lipinski definition) is 0. The van der Waals surface area contributed by atoms with Gasteiger partial charge in [-0.2, -0.15) is 0 Å². The van der Waals surface area contributed by atoms with Crippen molar-refractivity contribution in [1.82, 2.24) is 0 Å². The number of hydrogen-bond acceptors (Lipinski definition) is 1. The monoisotopic (exact) mass is 180 g/mol. The van der Waals surface area contributed by atoms with Crippen molar-refractivity contribution in [3.63, 3.8) is 0 Å². The largest absolute Gasteiger partial charge is 0.274 e. The molecule has 0 heterocycles. The SMILES string of the molecule is Cc1ccc(C)c(C(C)P=O)c1. The molecule has 0 amide bonds. The molecule has 1 rings (SSSR count). The molecule has 1 unspecified atom stereocenters. The Labute approximate surface area is 75.0 Å². The predicted octanol–water partition coefficient (Wildman–Crippen LogP) is 3.66. The van der Waals surface area contributed by atoms with E-state index >= 15 is 0 Å². The van der Waals surface area contributed by atoms with Crippen molar-refractivity contribution < 1.29 is 4.57 Å². The van der Waals surface area contributed by atoms with Crippen LogP contribution in [0.25, 0.3) is 0 Å². The van der Waals surface area contributed by atoms with Crippen LogP contribution in [-0.4, -0.2) is 0 Å². The van der Waals surface area contributed by atoms with Crippen LogP contribution in [0.5, 0.6) is 0 Å². The maximum atomic E-state index is 10.7. The average molecular weight is 180 g/mol. The first-order chi connectivity index (χ1) is 5.65. The van der Waals surface area contributed by atoms with Crippen molar-refractivity contribution in [3.05, 3.63) is 34.9 Å². The standard InChI is InChI=1S/C10H13OP/c1-7-4-5-8(2)10(6-7)9(3)12-11/h4-6,9H,1-3H3. The topological polar surface area (TPSA) is 17.1 Å². The normalized spacial score (nSPS) is 13.2. The minimum Gasteiger partial charge on any atom is -0.274 e. The molecule has 0 radical (unpaired) electrons. The van der Waals surface area contributed by atoms with Crippen LogP contribution in [0.4, 0.5) is 0 Å². The van der Waals surface area contributed by atoms with Gasteiger partial charge in [0, 0.05) is 0 Å². The molecule has 0 aromatic heterocycles. The first-order valence-corrected chi connectivity index (χ1v) is 4.93. The van der Waals surface area contributed by atoms with Gasteiger partial charge in [0.05, 0.1) is 5.66 Å². The first kappa shape index (κ1) is 9.41. The fourth-order valence-electron chi connectivity index (χ4n) is 1.27. The molecule has 1 atom stereocenters. The van der Waals surface area contributed by atoms with Gasteiger partial charge in [-0.3, -0.25) is 4.57 Å². The number of rotatable bonds is 2. The van der Waals surface area contributed by atoms with E-state index in [1.807, 2.05) is 6.92 Å². The lowest BCUT2D eigenvalue weighted by molar-refractivity contribution is 0.593. The molecule has 1 aromatic carbocycles. The third kappa shape index (κ3) is 1.92. The summed E-state index contributed by atoms with van der Waals surface area (Å²) in [6.07, 6.45) is 0. The summed E-state index contributed by atoms with van der Waals surface area (Å²) in [4.78, 5) is 0. The van der Waals surface area contributed by atoms with Gasteiger partial charge in [-0.15, -0.1) is 0 Å². The Hall–Kier alpha value is -0.680. The minimum atomic E-state index is 0.116. The second kappa shape index (κ2) is 3.82. The third-order valence-electron chi connectivity index (χ3n) is 2.04. The van der Waals surface area contributed by atoms with Crippen molar-refractivity contribution in [2.24, 2.45) is 0 Å². The van der Waals surface area contributed by atoms with Crippen molar-refractivity contribution in [2.45, 2.75) is 26.4 Å². The lowest BCUT2D eigenvalue weighted by atomic mass is 10.0. The molecule has 0 fully saturated rings. The Morgan fingerprint density at radius 1 is 1.33 bits per heavy atom. The smallest absolute Gasteiger partial charge is 0.163 e. The van der Waals surface area contributed by atoms with E-state index in [-0.39, 0.29) is 14.1 Å². The summed E-state index contributed by atoms with van der Waals surface area (Å²) in [5.74, 6) is 0. The van der Waals surface area contributed by atoms with Gasteiger partial charge in [-0.05, 0) is 31.9 Å². The van der Waals surface area contributed by atoms with E-state index in [1.54, 1.807) is 0 Å². The van der Waals surface area contributed by atoms with Crippen LogP contribution in [0.3, 0.4) is 0 Å². The molecule has 0 N–H and O–H groups in total.